The quantitative estimate of drug-likeness (QED) is 0.0598. The number of hydrogen-bond donors (Lipinski definition) is 4. The van der Waals surface area contributed by atoms with Gasteiger partial charge in [0.2, 0.25) is 11.8 Å². The molecular weight excluding hydrogens is 626 g/mol. The molecule has 4 N–H and O–H groups in total. The van der Waals surface area contributed by atoms with Crippen LogP contribution in [0.4, 0.5) is 4.79 Å². The maximum atomic E-state index is 12.5. The van der Waals surface area contributed by atoms with Crippen LogP contribution in [0.1, 0.15) is 58.3 Å². The molecule has 0 aliphatic carbocycles. The summed E-state index contributed by atoms with van der Waals surface area (Å²) >= 11 is 1.86. The molecule has 1 unspecified atom stereocenters. The average molecular weight is 674 g/mol. The molecule has 0 radical (unpaired) electrons. The number of amides is 6. The summed E-state index contributed by atoms with van der Waals surface area (Å²) in [4.78, 5) is 75.5. The van der Waals surface area contributed by atoms with Crippen LogP contribution in [0.15, 0.2) is 0 Å². The highest BCUT2D eigenvalue weighted by Crippen LogP contribution is 2.33. The Balaban J connectivity index is 1.06. The summed E-state index contributed by atoms with van der Waals surface area (Å²) in [6, 6.07) is -0.327. The van der Waals surface area contributed by atoms with E-state index in [0.717, 1.165) is 25.0 Å². The zero-order chi connectivity index (χ0) is 33.1. The molecule has 3 aliphatic heterocycles. The Morgan fingerprint density at radius 3 is 2.15 bits per heavy atom. The Kier molecular flexibility index (Phi) is 17.1. The number of fused-ring (bicyclic) bond motifs is 1. The molecule has 16 nitrogen and oxygen atoms in total. The number of unbranched alkanes of at least 4 members (excludes halogenated alkanes) is 1. The molecule has 3 fully saturated rings. The second-order valence-electron chi connectivity index (χ2n) is 10.9. The van der Waals surface area contributed by atoms with Crippen molar-refractivity contribution in [2.45, 2.75) is 81.7 Å². The molecule has 0 aromatic carbocycles. The highest BCUT2D eigenvalue weighted by Gasteiger charge is 2.42. The average Bonchev–Trinajstić information content (AvgIpc) is 3.69. The minimum Gasteiger partial charge on any atom is -0.378 e. The van der Waals surface area contributed by atoms with Crippen molar-refractivity contribution in [2.75, 3.05) is 65.2 Å². The summed E-state index contributed by atoms with van der Waals surface area (Å²) in [5, 5.41) is 12.4. The first-order chi connectivity index (χ1) is 22.3. The molecule has 46 heavy (non-hydrogen) atoms. The van der Waals surface area contributed by atoms with E-state index in [1.54, 1.807) is 0 Å². The van der Waals surface area contributed by atoms with Gasteiger partial charge in [-0.25, -0.2) is 9.59 Å². The largest absolute Gasteiger partial charge is 0.378 e. The van der Waals surface area contributed by atoms with Crippen molar-refractivity contribution in [3.8, 4) is 0 Å². The van der Waals surface area contributed by atoms with Crippen molar-refractivity contribution in [2.24, 2.45) is 0 Å². The Labute approximate surface area is 273 Å². The second kappa shape index (κ2) is 21.0. The van der Waals surface area contributed by atoms with Gasteiger partial charge in [-0.05, 0) is 19.3 Å². The highest BCUT2D eigenvalue weighted by atomic mass is 32.2. The number of nitrogens with zero attached hydrogens (tertiary/aromatic N) is 1. The molecule has 0 aromatic rings. The van der Waals surface area contributed by atoms with E-state index in [4.69, 9.17) is 23.8 Å². The number of nitrogens with one attached hydrogen (secondary N) is 4. The molecule has 0 aromatic heterocycles. The van der Waals surface area contributed by atoms with E-state index in [2.05, 4.69) is 21.3 Å². The fourth-order valence-corrected chi connectivity index (χ4v) is 6.53. The van der Waals surface area contributed by atoms with Gasteiger partial charge in [0.15, 0.2) is 0 Å². The molecule has 3 aliphatic rings. The summed E-state index contributed by atoms with van der Waals surface area (Å²) in [5.41, 5.74) is 0. The first kappa shape index (κ1) is 37.5. The minimum atomic E-state index is -0.715. The summed E-state index contributed by atoms with van der Waals surface area (Å²) in [5.74, 6) is -1.24. The Morgan fingerprint density at radius 2 is 1.50 bits per heavy atom. The number of thioether (sulfide) groups is 1. The van der Waals surface area contributed by atoms with Gasteiger partial charge in [0.05, 0.1) is 71.4 Å². The van der Waals surface area contributed by atoms with Crippen molar-refractivity contribution < 1.29 is 52.6 Å². The van der Waals surface area contributed by atoms with Gasteiger partial charge in [0.25, 0.3) is 11.8 Å². The van der Waals surface area contributed by atoms with Crippen LogP contribution in [0.25, 0.3) is 0 Å². The topological polar surface area (TPSA) is 200 Å². The lowest BCUT2D eigenvalue weighted by molar-refractivity contribution is -0.198. The summed E-state index contributed by atoms with van der Waals surface area (Å²) in [7, 11) is 0. The number of rotatable bonds is 24. The van der Waals surface area contributed by atoms with E-state index >= 15 is 0 Å². The smallest absolute Gasteiger partial charge is 0.335 e. The van der Waals surface area contributed by atoms with Crippen LogP contribution in [0.3, 0.4) is 0 Å². The normalized spacial score (nSPS) is 21.1. The van der Waals surface area contributed by atoms with Crippen molar-refractivity contribution in [1.82, 2.24) is 26.3 Å². The fraction of sp³-hybridized carbons (Fsp3) is 0.793. The molecule has 17 heteroatoms. The Morgan fingerprint density at radius 1 is 0.870 bits per heavy atom. The van der Waals surface area contributed by atoms with Gasteiger partial charge in [0.1, 0.15) is 6.04 Å². The Hall–Kier alpha value is -2.99. The molecular formula is C29H47N5O11S. The van der Waals surface area contributed by atoms with E-state index in [-0.39, 0.29) is 62.4 Å². The van der Waals surface area contributed by atoms with Gasteiger partial charge in [-0.3, -0.25) is 19.2 Å². The molecule has 0 bridgehead atoms. The van der Waals surface area contributed by atoms with E-state index < -0.39 is 23.8 Å². The third-order valence-corrected chi connectivity index (χ3v) is 8.96. The van der Waals surface area contributed by atoms with Crippen LogP contribution in [0.5, 0.6) is 0 Å². The second-order valence-corrected chi connectivity index (χ2v) is 12.2. The molecule has 3 heterocycles. The monoisotopic (exact) mass is 673 g/mol. The van der Waals surface area contributed by atoms with Gasteiger partial charge < -0.3 is 45.1 Å². The summed E-state index contributed by atoms with van der Waals surface area (Å²) < 4.78 is 21.5. The molecule has 3 saturated heterocycles. The van der Waals surface area contributed by atoms with Crippen LogP contribution < -0.4 is 21.3 Å². The number of ether oxygens (including phenoxy) is 4. The zero-order valence-corrected chi connectivity index (χ0v) is 27.2. The van der Waals surface area contributed by atoms with E-state index in [0.29, 0.717) is 69.3 Å². The van der Waals surface area contributed by atoms with Gasteiger partial charge in [-0.15, -0.1) is 5.06 Å². The first-order valence-electron chi connectivity index (χ1n) is 15.9. The predicted molar refractivity (Wildman–Crippen MR) is 164 cm³/mol. The van der Waals surface area contributed by atoms with Crippen molar-refractivity contribution >= 4 is 47.4 Å². The first-order valence-corrected chi connectivity index (χ1v) is 17.0. The molecule has 0 spiro atoms. The third-order valence-electron chi connectivity index (χ3n) is 7.45. The van der Waals surface area contributed by atoms with Crippen molar-refractivity contribution in [3.63, 3.8) is 0 Å². The number of urea groups is 1. The van der Waals surface area contributed by atoms with Crippen molar-refractivity contribution in [1.29, 1.82) is 0 Å². The number of hydroxylamine groups is 2. The maximum absolute atomic E-state index is 12.5. The molecule has 3 rings (SSSR count). The van der Waals surface area contributed by atoms with Gasteiger partial charge in [-0.2, -0.15) is 11.8 Å². The molecule has 0 saturated carbocycles. The number of hydrogen-bond acceptors (Lipinski definition) is 12. The van der Waals surface area contributed by atoms with Crippen LogP contribution >= 0.6 is 11.8 Å². The minimum absolute atomic E-state index is 0.0473. The zero-order valence-electron chi connectivity index (χ0n) is 26.4. The highest BCUT2D eigenvalue weighted by molar-refractivity contribution is 8.00. The van der Waals surface area contributed by atoms with E-state index in [9.17, 15) is 28.8 Å². The maximum Gasteiger partial charge on any atom is 0.335 e. The third kappa shape index (κ3) is 13.4. The predicted octanol–water partition coefficient (Wildman–Crippen LogP) is -0.213. The van der Waals surface area contributed by atoms with E-state index in [1.807, 2.05) is 18.7 Å². The number of imide groups is 1. The van der Waals surface area contributed by atoms with Gasteiger partial charge >= 0.3 is 12.0 Å². The molecule has 260 valence electrons. The summed E-state index contributed by atoms with van der Waals surface area (Å²) in [6.45, 7) is 4.52. The standard InChI is InChI=1S/C29H47N5O11S/c1-2-20(31-23(35)6-4-3-5-22-27-21(19-46-22)32-29(40)33-27)28(39)30-10-12-42-14-16-44-18-17-43-15-13-41-11-9-26(38)45-34-24(36)7-8-25(34)37/h20-22,27H,2-19H2,1H3,(H,30,39)(H,31,35)(H2,32,33,40)/t20?,21-,22-,27-/m0/s1. The Bertz CT molecular complexity index is 1020. The SMILES string of the molecule is CCC(NC(=O)CCCC[C@@H]1SC[C@@H]2NC(=O)N[C@@H]21)C(=O)NCCOCCOCCOCCOCCC(=O)ON1C(=O)CCC1=O. The van der Waals surface area contributed by atoms with Crippen LogP contribution in [0.2, 0.25) is 0 Å². The van der Waals surface area contributed by atoms with Crippen LogP contribution in [-0.2, 0) is 47.8 Å². The molecule has 6 amide bonds. The number of carbonyl (C=O) groups is 6. The van der Waals surface area contributed by atoms with Crippen molar-refractivity contribution in [3.05, 3.63) is 0 Å². The summed E-state index contributed by atoms with van der Waals surface area (Å²) in [6.07, 6.45) is 3.39. The van der Waals surface area contributed by atoms with Crippen LogP contribution in [0, 0.1) is 0 Å². The lowest BCUT2D eigenvalue weighted by Crippen LogP contribution is -2.47. The fourth-order valence-electron chi connectivity index (χ4n) is 4.99. The van der Waals surface area contributed by atoms with Gasteiger partial charge in [-0.1, -0.05) is 13.3 Å². The van der Waals surface area contributed by atoms with E-state index in [1.165, 1.54) is 0 Å². The lowest BCUT2D eigenvalue weighted by Gasteiger charge is -2.18. The molecule has 4 atom stereocenters. The van der Waals surface area contributed by atoms with Crippen LogP contribution in [-0.4, -0.2) is 129 Å². The number of carbonyl (C=O) groups excluding carboxylic acids is 6. The van der Waals surface area contributed by atoms with Gasteiger partial charge in [0, 0.05) is 36.8 Å². The lowest BCUT2D eigenvalue weighted by atomic mass is 10.0.